The summed E-state index contributed by atoms with van der Waals surface area (Å²) in [5.41, 5.74) is 3.39. The highest BCUT2D eigenvalue weighted by molar-refractivity contribution is 5.49. The van der Waals surface area contributed by atoms with Gasteiger partial charge in [0.25, 0.3) is 0 Å². The van der Waals surface area contributed by atoms with E-state index < -0.39 is 5.60 Å². The first kappa shape index (κ1) is 22.1. The van der Waals surface area contributed by atoms with E-state index in [2.05, 4.69) is 90.4 Å². The Kier molecular flexibility index (Phi) is 7.14. The van der Waals surface area contributed by atoms with Crippen LogP contribution in [0.15, 0.2) is 60.7 Å². The second-order valence-electron chi connectivity index (χ2n) is 9.22. The predicted octanol–water partition coefficient (Wildman–Crippen LogP) is 5.91. The van der Waals surface area contributed by atoms with E-state index in [9.17, 15) is 5.11 Å². The molecule has 0 radical (unpaired) electrons. The number of aliphatic hydroxyl groups is 1. The van der Waals surface area contributed by atoms with E-state index in [1.54, 1.807) is 0 Å². The zero-order valence-electron chi connectivity index (χ0n) is 19.2. The van der Waals surface area contributed by atoms with Crippen molar-refractivity contribution in [2.75, 3.05) is 31.1 Å². The van der Waals surface area contributed by atoms with Crippen molar-refractivity contribution in [2.24, 2.45) is 5.92 Å². The van der Waals surface area contributed by atoms with Gasteiger partial charge in [-0.25, -0.2) is 0 Å². The van der Waals surface area contributed by atoms with Crippen molar-refractivity contribution in [1.29, 1.82) is 0 Å². The summed E-state index contributed by atoms with van der Waals surface area (Å²) >= 11 is 0. The molecule has 2 fully saturated rings. The summed E-state index contributed by atoms with van der Waals surface area (Å²) < 4.78 is 0. The molecule has 1 N–H and O–H groups in total. The first-order valence-corrected chi connectivity index (χ1v) is 12.2. The van der Waals surface area contributed by atoms with Gasteiger partial charge in [-0.3, -0.25) is 4.90 Å². The van der Waals surface area contributed by atoms with Crippen LogP contribution >= 0.6 is 0 Å². The van der Waals surface area contributed by atoms with Crippen molar-refractivity contribution < 1.29 is 5.11 Å². The Labute approximate surface area is 188 Å². The van der Waals surface area contributed by atoms with Crippen molar-refractivity contribution in [3.63, 3.8) is 0 Å². The van der Waals surface area contributed by atoms with Crippen LogP contribution in [-0.4, -0.2) is 41.8 Å². The number of nitrogens with zero attached hydrogens (tertiary/aromatic N) is 2. The second kappa shape index (κ2) is 10.0. The lowest BCUT2D eigenvalue weighted by Gasteiger charge is -2.52. The SMILES string of the molecule is CCN(CC)c1ccc([C@H]2C3CCCCC3(O)CCN2CC=Cc2ccccc2)cc1. The van der Waals surface area contributed by atoms with Crippen LogP contribution in [0.1, 0.15) is 63.1 Å². The number of benzene rings is 2. The molecule has 2 aromatic rings. The highest BCUT2D eigenvalue weighted by Crippen LogP contribution is 2.49. The molecule has 0 spiro atoms. The maximum absolute atomic E-state index is 11.5. The number of fused-ring (bicyclic) bond motifs is 1. The van der Waals surface area contributed by atoms with Gasteiger partial charge in [0.05, 0.1) is 5.60 Å². The molecule has 3 heteroatoms. The average Bonchev–Trinajstić information content (AvgIpc) is 2.81. The fourth-order valence-corrected chi connectivity index (χ4v) is 5.75. The molecule has 166 valence electrons. The number of anilines is 1. The Morgan fingerprint density at radius 3 is 2.45 bits per heavy atom. The Balaban J connectivity index is 1.59. The van der Waals surface area contributed by atoms with Gasteiger partial charge in [-0.15, -0.1) is 0 Å². The average molecular weight is 419 g/mol. The van der Waals surface area contributed by atoms with Gasteiger partial charge >= 0.3 is 0 Å². The minimum atomic E-state index is -0.500. The molecule has 2 unspecified atom stereocenters. The number of hydrogen-bond donors (Lipinski definition) is 1. The molecule has 0 amide bonds. The minimum Gasteiger partial charge on any atom is -0.389 e. The summed E-state index contributed by atoms with van der Waals surface area (Å²) in [5, 5.41) is 11.5. The van der Waals surface area contributed by atoms with E-state index in [-0.39, 0.29) is 6.04 Å². The van der Waals surface area contributed by atoms with Crippen molar-refractivity contribution in [2.45, 2.75) is 57.6 Å². The van der Waals surface area contributed by atoms with E-state index in [0.29, 0.717) is 5.92 Å². The zero-order valence-corrected chi connectivity index (χ0v) is 19.2. The van der Waals surface area contributed by atoms with Gasteiger partial charge in [-0.2, -0.15) is 0 Å². The Morgan fingerprint density at radius 1 is 1.00 bits per heavy atom. The van der Waals surface area contributed by atoms with E-state index in [0.717, 1.165) is 51.9 Å². The number of hydrogen-bond acceptors (Lipinski definition) is 3. The largest absolute Gasteiger partial charge is 0.389 e. The van der Waals surface area contributed by atoms with Crippen LogP contribution in [0.5, 0.6) is 0 Å². The lowest BCUT2D eigenvalue weighted by Crippen LogP contribution is -2.54. The van der Waals surface area contributed by atoms with Crippen LogP contribution in [0.4, 0.5) is 5.69 Å². The Hall–Kier alpha value is -2.10. The summed E-state index contributed by atoms with van der Waals surface area (Å²) in [6.07, 6.45) is 9.88. The highest BCUT2D eigenvalue weighted by Gasteiger charge is 2.48. The van der Waals surface area contributed by atoms with Gasteiger partial charge in [0.15, 0.2) is 0 Å². The molecule has 2 aliphatic rings. The first-order chi connectivity index (χ1) is 15.1. The van der Waals surface area contributed by atoms with Crippen LogP contribution in [0.2, 0.25) is 0 Å². The second-order valence-corrected chi connectivity index (χ2v) is 9.22. The molecule has 0 bridgehead atoms. The van der Waals surface area contributed by atoms with Gasteiger partial charge in [0.1, 0.15) is 0 Å². The first-order valence-electron chi connectivity index (χ1n) is 12.2. The highest BCUT2D eigenvalue weighted by atomic mass is 16.3. The molecule has 1 heterocycles. The number of rotatable bonds is 7. The van der Waals surface area contributed by atoms with E-state index >= 15 is 0 Å². The summed E-state index contributed by atoms with van der Waals surface area (Å²) in [7, 11) is 0. The van der Waals surface area contributed by atoms with Crippen LogP contribution in [0.3, 0.4) is 0 Å². The van der Waals surface area contributed by atoms with Crippen molar-refractivity contribution in [3.8, 4) is 0 Å². The molecule has 31 heavy (non-hydrogen) atoms. The molecular formula is C28H38N2O. The number of likely N-dealkylation sites (tertiary alicyclic amines) is 1. The maximum Gasteiger partial charge on any atom is 0.0706 e. The third-order valence-electron chi connectivity index (χ3n) is 7.48. The maximum atomic E-state index is 11.5. The quantitative estimate of drug-likeness (QED) is 0.605. The van der Waals surface area contributed by atoms with Crippen LogP contribution < -0.4 is 4.90 Å². The van der Waals surface area contributed by atoms with Crippen LogP contribution in [0.25, 0.3) is 6.08 Å². The molecule has 3 nitrogen and oxygen atoms in total. The van der Waals surface area contributed by atoms with E-state index in [1.165, 1.54) is 23.2 Å². The normalized spacial score (nSPS) is 26.7. The van der Waals surface area contributed by atoms with Crippen LogP contribution in [-0.2, 0) is 0 Å². The van der Waals surface area contributed by atoms with Gasteiger partial charge in [0, 0.05) is 43.8 Å². The molecular weight excluding hydrogens is 380 g/mol. The van der Waals surface area contributed by atoms with Gasteiger partial charge < -0.3 is 10.0 Å². The summed E-state index contributed by atoms with van der Waals surface area (Å²) in [4.78, 5) is 4.98. The molecule has 3 atom stereocenters. The third kappa shape index (κ3) is 4.88. The molecule has 4 rings (SSSR count). The van der Waals surface area contributed by atoms with Crippen LogP contribution in [0, 0.1) is 5.92 Å². The lowest BCUT2D eigenvalue weighted by atomic mass is 9.66. The Morgan fingerprint density at radius 2 is 1.74 bits per heavy atom. The predicted molar refractivity (Wildman–Crippen MR) is 131 cm³/mol. The van der Waals surface area contributed by atoms with Crippen molar-refractivity contribution in [3.05, 3.63) is 71.8 Å². The van der Waals surface area contributed by atoms with E-state index in [4.69, 9.17) is 0 Å². The fourth-order valence-electron chi connectivity index (χ4n) is 5.75. The molecule has 1 aliphatic heterocycles. The standard InChI is InChI=1S/C28H38N2O/c1-3-29(4-2)25-17-15-24(16-18-25)27-26-14-8-9-19-28(26,31)20-22-30(27)21-10-13-23-11-6-5-7-12-23/h5-7,10-13,15-18,26-27,31H,3-4,8-9,14,19-22H2,1-2H3/t26?,27-,28?/m0/s1. The smallest absolute Gasteiger partial charge is 0.0706 e. The summed E-state index contributed by atoms with van der Waals surface area (Å²) in [6.45, 7) is 8.34. The summed E-state index contributed by atoms with van der Waals surface area (Å²) in [6, 6.07) is 20.0. The molecule has 1 saturated heterocycles. The van der Waals surface area contributed by atoms with Gasteiger partial charge in [-0.1, -0.05) is 67.5 Å². The molecule has 0 aromatic heterocycles. The van der Waals surface area contributed by atoms with Gasteiger partial charge in [-0.05, 0) is 56.4 Å². The summed E-state index contributed by atoms with van der Waals surface area (Å²) in [5.74, 6) is 0.319. The third-order valence-corrected chi connectivity index (χ3v) is 7.48. The topological polar surface area (TPSA) is 26.7 Å². The monoisotopic (exact) mass is 418 g/mol. The molecule has 2 aromatic carbocycles. The fraction of sp³-hybridized carbons (Fsp3) is 0.500. The minimum absolute atomic E-state index is 0.283. The zero-order chi connectivity index (χ0) is 21.7. The lowest BCUT2D eigenvalue weighted by molar-refractivity contribution is -0.122. The Bertz CT molecular complexity index is 843. The van der Waals surface area contributed by atoms with Gasteiger partial charge in [0.2, 0.25) is 0 Å². The molecule has 1 aliphatic carbocycles. The number of piperidine rings is 1. The van der Waals surface area contributed by atoms with E-state index in [1.807, 2.05) is 0 Å². The molecule has 1 saturated carbocycles. The van der Waals surface area contributed by atoms with Crippen molar-refractivity contribution in [1.82, 2.24) is 4.90 Å². The van der Waals surface area contributed by atoms with Crippen molar-refractivity contribution >= 4 is 11.8 Å².